The number of hydrogen-bond donors (Lipinski definition) is 1. The van der Waals surface area contributed by atoms with Gasteiger partial charge in [0, 0.05) is 5.33 Å². The summed E-state index contributed by atoms with van der Waals surface area (Å²) in [6, 6.07) is 18.2. The molecule has 0 aromatic heterocycles. The number of unbranched alkanes of at least 4 members (excludes halogenated alkanes) is 9. The zero-order chi connectivity index (χ0) is 26.3. The summed E-state index contributed by atoms with van der Waals surface area (Å²) in [5.74, 6) is 1.35. The Morgan fingerprint density at radius 3 is 2.00 bits per heavy atom. The minimum Gasteiger partial charge on any atom is -0.494 e. The van der Waals surface area contributed by atoms with Crippen molar-refractivity contribution in [2.45, 2.75) is 77.6 Å². The van der Waals surface area contributed by atoms with Crippen LogP contribution in [-0.2, 0) is 11.0 Å². The van der Waals surface area contributed by atoms with Crippen LogP contribution in [0.1, 0.15) is 76.7 Å². The third kappa shape index (κ3) is 11.1. The smallest absolute Gasteiger partial charge is 0.494 e. The average molecular weight is 592 g/mol. The van der Waals surface area contributed by atoms with Gasteiger partial charge in [-0.3, -0.25) is 4.89 Å². The number of phosphoric acid groups is 1. The van der Waals surface area contributed by atoms with Gasteiger partial charge < -0.3 is 13.8 Å². The van der Waals surface area contributed by atoms with Crippen LogP contribution >= 0.6 is 23.8 Å². The van der Waals surface area contributed by atoms with Crippen LogP contribution < -0.4 is 13.8 Å². The van der Waals surface area contributed by atoms with Crippen LogP contribution in [0.15, 0.2) is 60.7 Å². The van der Waals surface area contributed by atoms with Crippen molar-refractivity contribution in [2.24, 2.45) is 0 Å². The minimum absolute atomic E-state index is 0.266. The Morgan fingerprint density at radius 1 is 0.730 bits per heavy atom. The van der Waals surface area contributed by atoms with Crippen LogP contribution in [0.4, 0.5) is 0 Å². The topological polar surface area (TPSA) is 65.0 Å². The van der Waals surface area contributed by atoms with Crippen molar-refractivity contribution in [3.05, 3.63) is 66.2 Å². The Labute approximate surface area is 230 Å². The summed E-state index contributed by atoms with van der Waals surface area (Å²) in [5.41, 5.74) is 1.01. The number of aryl methyl sites for hydroxylation is 1. The normalized spacial score (nSPS) is 12.8. The Hall–Kier alpha value is -2.01. The first-order valence-corrected chi connectivity index (χ1v) is 16.1. The lowest BCUT2D eigenvalue weighted by Gasteiger charge is -2.15. The molecule has 37 heavy (non-hydrogen) atoms. The van der Waals surface area contributed by atoms with Crippen LogP contribution in [-0.4, -0.2) is 16.8 Å². The van der Waals surface area contributed by atoms with Crippen molar-refractivity contribution < 1.29 is 23.2 Å². The van der Waals surface area contributed by atoms with Gasteiger partial charge in [0.2, 0.25) is 0 Å². The van der Waals surface area contributed by atoms with Crippen molar-refractivity contribution in [2.75, 3.05) is 11.9 Å². The van der Waals surface area contributed by atoms with Crippen LogP contribution in [0.25, 0.3) is 10.8 Å². The van der Waals surface area contributed by atoms with Crippen LogP contribution in [0.3, 0.4) is 0 Å². The van der Waals surface area contributed by atoms with Gasteiger partial charge in [0.05, 0.1) is 6.61 Å². The first-order valence-electron chi connectivity index (χ1n) is 13.5. The highest BCUT2D eigenvalue weighted by atomic mass is 79.9. The fourth-order valence-electron chi connectivity index (χ4n) is 4.28. The highest BCUT2D eigenvalue weighted by Crippen LogP contribution is 2.45. The SMILES string of the molecule is CCCCCCCCCCCCOc1ccc2ccc(OP(=O)(O)Oc3cccc(CCBr)c3)cc2c1. The highest BCUT2D eigenvalue weighted by Gasteiger charge is 2.25. The molecule has 1 N–H and O–H groups in total. The summed E-state index contributed by atoms with van der Waals surface area (Å²) in [5, 5.41) is 2.67. The molecule has 3 rings (SSSR count). The van der Waals surface area contributed by atoms with Gasteiger partial charge in [0.15, 0.2) is 0 Å². The number of alkyl halides is 1. The molecule has 3 aromatic rings. The second-order valence-corrected chi connectivity index (χ2v) is 11.5. The fraction of sp³-hybridized carbons (Fsp3) is 0.467. The van der Waals surface area contributed by atoms with Gasteiger partial charge in [-0.1, -0.05) is 105 Å². The summed E-state index contributed by atoms with van der Waals surface area (Å²) in [6.07, 6.45) is 13.7. The van der Waals surface area contributed by atoms with E-state index in [-0.39, 0.29) is 5.75 Å². The van der Waals surface area contributed by atoms with Gasteiger partial charge in [-0.2, -0.15) is 0 Å². The molecule has 0 fully saturated rings. The van der Waals surface area contributed by atoms with Crippen molar-refractivity contribution >= 4 is 34.5 Å². The Bertz CT molecular complexity index is 1140. The maximum absolute atomic E-state index is 12.6. The molecule has 0 spiro atoms. The summed E-state index contributed by atoms with van der Waals surface area (Å²) in [6.45, 7) is 2.94. The molecule has 1 atom stereocenters. The van der Waals surface area contributed by atoms with E-state index in [4.69, 9.17) is 13.8 Å². The van der Waals surface area contributed by atoms with Crippen LogP contribution in [0.2, 0.25) is 0 Å². The van der Waals surface area contributed by atoms with Gasteiger partial charge in [-0.05, 0) is 65.6 Å². The number of rotatable bonds is 18. The number of fused-ring (bicyclic) bond motifs is 1. The number of halogens is 1. The lowest BCUT2D eigenvalue weighted by Crippen LogP contribution is -2.00. The average Bonchev–Trinajstić information content (AvgIpc) is 2.87. The zero-order valence-corrected chi connectivity index (χ0v) is 24.4. The number of benzene rings is 3. The van der Waals surface area contributed by atoms with Gasteiger partial charge in [0.25, 0.3) is 0 Å². The van der Waals surface area contributed by atoms with E-state index in [2.05, 4.69) is 22.9 Å². The van der Waals surface area contributed by atoms with E-state index in [1.54, 1.807) is 30.3 Å². The van der Waals surface area contributed by atoms with E-state index in [0.29, 0.717) is 12.4 Å². The fourth-order valence-corrected chi connectivity index (χ4v) is 5.54. The van der Waals surface area contributed by atoms with Gasteiger partial charge >= 0.3 is 7.82 Å². The molecular formula is C30H40BrO5P. The van der Waals surface area contributed by atoms with E-state index < -0.39 is 7.82 Å². The molecule has 202 valence electrons. The Kier molecular flexibility index (Phi) is 12.8. The van der Waals surface area contributed by atoms with Crippen molar-refractivity contribution in [3.63, 3.8) is 0 Å². The van der Waals surface area contributed by atoms with Gasteiger partial charge in [-0.15, -0.1) is 0 Å². The van der Waals surface area contributed by atoms with Gasteiger partial charge in [0.1, 0.15) is 17.2 Å². The summed E-state index contributed by atoms with van der Waals surface area (Å²) < 4.78 is 29.3. The van der Waals surface area contributed by atoms with E-state index in [1.165, 1.54) is 57.8 Å². The third-order valence-electron chi connectivity index (χ3n) is 6.27. The number of phosphoric ester groups is 1. The maximum atomic E-state index is 12.6. The summed E-state index contributed by atoms with van der Waals surface area (Å²) >= 11 is 3.40. The maximum Gasteiger partial charge on any atom is 0.584 e. The molecule has 3 aromatic carbocycles. The predicted molar refractivity (Wildman–Crippen MR) is 156 cm³/mol. The monoisotopic (exact) mass is 590 g/mol. The molecule has 7 heteroatoms. The second-order valence-electron chi connectivity index (χ2n) is 9.44. The van der Waals surface area contributed by atoms with E-state index in [1.807, 2.05) is 30.3 Å². The highest BCUT2D eigenvalue weighted by molar-refractivity contribution is 9.09. The molecule has 0 aliphatic heterocycles. The standard InChI is InChI=1S/C30H40BrO5P/c1-2-3-4-5-6-7-8-9-10-11-21-34-28-17-15-26-16-18-30(24-27(26)23-28)36-37(32,33)35-29-14-12-13-25(22-29)19-20-31/h12-18,22-24H,2-11,19-21H2,1H3,(H,32,33). The molecule has 0 heterocycles. The molecule has 0 aliphatic carbocycles. The molecule has 5 nitrogen and oxygen atoms in total. The molecule has 0 saturated carbocycles. The Balaban J connectivity index is 1.46. The molecule has 0 aliphatic rings. The molecule has 0 amide bonds. The summed E-state index contributed by atoms with van der Waals surface area (Å²) in [7, 11) is -4.35. The predicted octanol–water partition coefficient (Wildman–Crippen LogP) is 9.64. The quantitative estimate of drug-likeness (QED) is 0.0907. The lowest BCUT2D eigenvalue weighted by atomic mass is 10.1. The Morgan fingerprint density at radius 2 is 1.32 bits per heavy atom. The largest absolute Gasteiger partial charge is 0.584 e. The third-order valence-corrected chi connectivity index (χ3v) is 7.55. The van der Waals surface area contributed by atoms with Crippen molar-refractivity contribution in [1.82, 2.24) is 0 Å². The van der Waals surface area contributed by atoms with E-state index >= 15 is 0 Å². The first-order chi connectivity index (χ1) is 18.0. The molecule has 1 unspecified atom stereocenters. The van der Waals surface area contributed by atoms with Crippen LogP contribution in [0, 0.1) is 0 Å². The van der Waals surface area contributed by atoms with Crippen LogP contribution in [0.5, 0.6) is 17.2 Å². The zero-order valence-electron chi connectivity index (χ0n) is 21.9. The summed E-state index contributed by atoms with van der Waals surface area (Å²) in [4.78, 5) is 10.3. The van der Waals surface area contributed by atoms with E-state index in [9.17, 15) is 9.46 Å². The van der Waals surface area contributed by atoms with Crippen molar-refractivity contribution in [3.8, 4) is 17.2 Å². The minimum atomic E-state index is -4.35. The van der Waals surface area contributed by atoms with E-state index in [0.717, 1.165) is 40.3 Å². The second kappa shape index (κ2) is 16.1. The molecule has 0 bridgehead atoms. The number of ether oxygens (including phenoxy) is 1. The van der Waals surface area contributed by atoms with Gasteiger partial charge in [-0.25, -0.2) is 4.57 Å². The molecular weight excluding hydrogens is 551 g/mol. The number of hydrogen-bond acceptors (Lipinski definition) is 4. The molecule has 0 saturated heterocycles. The van der Waals surface area contributed by atoms with Crippen molar-refractivity contribution in [1.29, 1.82) is 0 Å². The first kappa shape index (κ1) is 29.5. The lowest BCUT2D eigenvalue weighted by molar-refractivity contribution is 0.291. The molecule has 0 radical (unpaired) electrons.